The third-order valence-electron chi connectivity index (χ3n) is 5.38. The summed E-state index contributed by atoms with van der Waals surface area (Å²) >= 11 is 1.32. The van der Waals surface area contributed by atoms with E-state index in [2.05, 4.69) is 25.8 Å². The number of aliphatic carboxylic acids is 1. The minimum atomic E-state index is -1.26. The zero-order valence-electron chi connectivity index (χ0n) is 19.5. The molecule has 37 heavy (non-hydrogen) atoms. The zero-order valence-corrected chi connectivity index (χ0v) is 20.3. The number of β-lactam (4-membered cyclic amide) rings is 1. The number of nitrogens with zero attached hydrogens (tertiary/aromatic N) is 5. The fourth-order valence-corrected chi connectivity index (χ4v) is 5.14. The number of thioether (sulfide) groups is 1. The molecule has 1 unspecified atom stereocenters. The molecule has 2 aromatic rings. The number of fused-ring (bicyclic) bond motifs is 1. The molecular formula is C22H23N8O6S+. The first-order valence-electron chi connectivity index (χ1n) is 11.0. The molecule has 1 saturated heterocycles. The van der Waals surface area contributed by atoms with Gasteiger partial charge in [-0.25, -0.2) is 14.8 Å². The molecule has 0 bridgehead atoms. The third kappa shape index (κ3) is 5.35. The predicted octanol–water partition coefficient (Wildman–Crippen LogP) is -0.906. The van der Waals surface area contributed by atoms with Gasteiger partial charge < -0.3 is 26.3 Å². The fourth-order valence-electron chi connectivity index (χ4n) is 3.81. The number of carboxylic acid groups (broad SMARTS) is 1. The van der Waals surface area contributed by atoms with Crippen LogP contribution in [0.3, 0.4) is 0 Å². The predicted molar refractivity (Wildman–Crippen MR) is 131 cm³/mol. The summed E-state index contributed by atoms with van der Waals surface area (Å²) in [6, 6.07) is 3.84. The van der Waals surface area contributed by atoms with Gasteiger partial charge in [0.05, 0.1) is 0 Å². The van der Waals surface area contributed by atoms with E-state index in [0.29, 0.717) is 23.4 Å². The van der Waals surface area contributed by atoms with Crippen LogP contribution in [-0.4, -0.2) is 73.7 Å². The van der Waals surface area contributed by atoms with Crippen LogP contribution < -0.4 is 20.9 Å². The van der Waals surface area contributed by atoms with Crippen molar-refractivity contribution in [2.24, 2.45) is 5.16 Å². The Morgan fingerprint density at radius 3 is 2.95 bits per heavy atom. The second kappa shape index (κ2) is 11.0. The number of carbonyl (C=O) groups is 4. The molecule has 5 N–H and O–H groups in total. The Hall–Kier alpha value is -4.53. The number of carboxylic acids is 1. The second-order valence-electron chi connectivity index (χ2n) is 7.81. The summed E-state index contributed by atoms with van der Waals surface area (Å²) < 4.78 is 1.70. The fraction of sp³-hybridized carbons (Fsp3) is 0.273. The number of nitrogens with one attached hydrogen (secondary N) is 2. The normalized spacial score (nSPS) is 19.0. The number of carbonyl (C=O) groups excluding carboxylic acids is 3. The Kier molecular flexibility index (Phi) is 7.62. The monoisotopic (exact) mass is 527 g/mol. The van der Waals surface area contributed by atoms with E-state index in [4.69, 9.17) is 10.6 Å². The van der Waals surface area contributed by atoms with Crippen molar-refractivity contribution in [3.05, 3.63) is 53.9 Å². The molecule has 4 heterocycles. The molecule has 0 aliphatic carbocycles. The lowest BCUT2D eigenvalue weighted by molar-refractivity contribution is -0.688. The Morgan fingerprint density at radius 1 is 1.43 bits per heavy atom. The SMILES string of the molecule is CCO/N=C(\C(=O)NC1C(=O)N2C(C(=O)O)=C(C[n+]3cccc(NC=O)c3)CS[C@H]12)c1nccc(N)n1. The summed E-state index contributed by atoms with van der Waals surface area (Å²) in [5.74, 6) is -2.26. The number of nitrogens with two attached hydrogens (primary N) is 1. The summed E-state index contributed by atoms with van der Waals surface area (Å²) in [6.45, 7) is 2.04. The highest BCUT2D eigenvalue weighted by Crippen LogP contribution is 2.40. The molecule has 192 valence electrons. The number of hydrogen-bond acceptors (Lipinski definition) is 10. The van der Waals surface area contributed by atoms with Crippen molar-refractivity contribution in [2.45, 2.75) is 24.9 Å². The quantitative estimate of drug-likeness (QED) is 0.0988. The lowest BCUT2D eigenvalue weighted by Crippen LogP contribution is -2.71. The molecule has 2 atom stereocenters. The molecular weight excluding hydrogens is 504 g/mol. The molecule has 0 spiro atoms. The number of anilines is 2. The molecule has 4 rings (SSSR count). The minimum Gasteiger partial charge on any atom is -0.477 e. The second-order valence-corrected chi connectivity index (χ2v) is 8.91. The van der Waals surface area contributed by atoms with Crippen LogP contribution in [0.25, 0.3) is 0 Å². The Bertz CT molecular complexity index is 1320. The first kappa shape index (κ1) is 25.6. The van der Waals surface area contributed by atoms with Gasteiger partial charge in [-0.2, -0.15) is 4.57 Å². The van der Waals surface area contributed by atoms with Crippen LogP contribution in [0.5, 0.6) is 0 Å². The summed E-state index contributed by atoms with van der Waals surface area (Å²) in [5.41, 5.74) is 6.32. The number of hydrogen-bond donors (Lipinski definition) is 4. The molecule has 0 aromatic carbocycles. The van der Waals surface area contributed by atoms with E-state index in [9.17, 15) is 24.3 Å². The van der Waals surface area contributed by atoms with Crippen molar-refractivity contribution < 1.29 is 33.7 Å². The maximum atomic E-state index is 13.0. The molecule has 15 heteroatoms. The Balaban J connectivity index is 1.54. The van der Waals surface area contributed by atoms with Gasteiger partial charge >= 0.3 is 5.97 Å². The van der Waals surface area contributed by atoms with Crippen molar-refractivity contribution in [2.75, 3.05) is 23.4 Å². The average molecular weight is 528 g/mol. The molecule has 3 amide bonds. The van der Waals surface area contributed by atoms with Gasteiger partial charge in [-0.3, -0.25) is 19.3 Å². The van der Waals surface area contributed by atoms with Crippen LogP contribution >= 0.6 is 11.8 Å². The number of amides is 3. The molecule has 0 radical (unpaired) electrons. The van der Waals surface area contributed by atoms with Crippen LogP contribution in [0.1, 0.15) is 12.7 Å². The first-order valence-corrected chi connectivity index (χ1v) is 12.1. The maximum Gasteiger partial charge on any atom is 0.352 e. The van der Waals surface area contributed by atoms with E-state index < -0.39 is 29.2 Å². The Morgan fingerprint density at radius 2 is 2.24 bits per heavy atom. The van der Waals surface area contributed by atoms with Gasteiger partial charge in [0, 0.05) is 23.6 Å². The molecule has 2 aliphatic heterocycles. The lowest BCUT2D eigenvalue weighted by Gasteiger charge is -2.49. The van der Waals surface area contributed by atoms with E-state index in [1.54, 1.807) is 36.0 Å². The average Bonchev–Trinajstić information content (AvgIpc) is 2.87. The highest BCUT2D eigenvalue weighted by molar-refractivity contribution is 8.00. The number of oxime groups is 1. The smallest absolute Gasteiger partial charge is 0.352 e. The van der Waals surface area contributed by atoms with E-state index in [0.717, 1.165) is 0 Å². The minimum absolute atomic E-state index is 0.0809. The largest absolute Gasteiger partial charge is 0.477 e. The van der Waals surface area contributed by atoms with Gasteiger partial charge in [-0.05, 0) is 19.1 Å². The van der Waals surface area contributed by atoms with Gasteiger partial charge in [0.1, 0.15) is 35.2 Å². The summed E-state index contributed by atoms with van der Waals surface area (Å²) in [5, 5.41) is 18.2. The molecule has 2 aliphatic rings. The van der Waals surface area contributed by atoms with Crippen LogP contribution in [0.2, 0.25) is 0 Å². The summed E-state index contributed by atoms with van der Waals surface area (Å²) in [7, 11) is 0. The topological polar surface area (TPSA) is 193 Å². The molecule has 1 fully saturated rings. The highest BCUT2D eigenvalue weighted by atomic mass is 32.2. The van der Waals surface area contributed by atoms with Crippen molar-refractivity contribution in [1.29, 1.82) is 0 Å². The van der Waals surface area contributed by atoms with Crippen molar-refractivity contribution in [3.8, 4) is 0 Å². The standard InChI is InChI=1S/C22H22N8O6S/c1-2-36-28-15(18-24-6-5-14(23)26-18)19(32)27-16-20(33)30-17(22(34)35)12(10-37-21(16)30)8-29-7-3-4-13(9-29)25-11-31/h3-7,9,11,16,21H,2,8,10H2,1H3,(H4-,23,24,25,26,27,31,32,34,35)/p+1/b28-15-/t16?,21-/m1/s1. The van der Waals surface area contributed by atoms with Crippen LogP contribution in [0.4, 0.5) is 11.5 Å². The van der Waals surface area contributed by atoms with E-state index in [1.165, 1.54) is 28.9 Å². The van der Waals surface area contributed by atoms with Gasteiger partial charge in [0.25, 0.3) is 11.8 Å². The van der Waals surface area contributed by atoms with Crippen LogP contribution in [0, 0.1) is 0 Å². The maximum absolute atomic E-state index is 13.0. The van der Waals surface area contributed by atoms with Gasteiger partial charge in [-0.1, -0.05) is 5.16 Å². The van der Waals surface area contributed by atoms with E-state index in [-0.39, 0.29) is 36.2 Å². The van der Waals surface area contributed by atoms with Gasteiger partial charge in [0.2, 0.25) is 12.1 Å². The van der Waals surface area contributed by atoms with Gasteiger partial charge in [0.15, 0.2) is 24.8 Å². The van der Waals surface area contributed by atoms with Gasteiger partial charge in [-0.15, -0.1) is 11.8 Å². The van der Waals surface area contributed by atoms with Crippen LogP contribution in [-0.2, 0) is 30.6 Å². The molecule has 14 nitrogen and oxygen atoms in total. The lowest BCUT2D eigenvalue weighted by atomic mass is 10.0. The highest BCUT2D eigenvalue weighted by Gasteiger charge is 2.54. The summed E-state index contributed by atoms with van der Waals surface area (Å²) in [4.78, 5) is 63.1. The number of nitrogen functional groups attached to an aromatic ring is 1. The zero-order chi connectivity index (χ0) is 26.5. The Labute approximate surface area is 214 Å². The number of pyridine rings is 1. The number of rotatable bonds is 10. The van der Waals surface area contributed by atoms with Crippen molar-refractivity contribution in [1.82, 2.24) is 20.2 Å². The molecule has 0 saturated carbocycles. The van der Waals surface area contributed by atoms with Crippen LogP contribution in [0.15, 0.2) is 53.2 Å². The van der Waals surface area contributed by atoms with E-state index >= 15 is 0 Å². The summed E-state index contributed by atoms with van der Waals surface area (Å²) in [6.07, 6.45) is 5.26. The first-order chi connectivity index (χ1) is 17.8. The van der Waals surface area contributed by atoms with Crippen molar-refractivity contribution >= 4 is 53.2 Å². The third-order valence-corrected chi connectivity index (χ3v) is 6.72. The molecule has 2 aromatic heterocycles. The van der Waals surface area contributed by atoms with E-state index in [1.807, 2.05) is 0 Å². The van der Waals surface area contributed by atoms with Crippen molar-refractivity contribution in [3.63, 3.8) is 0 Å². The number of aromatic nitrogens is 3.